The molecule has 1 amide bonds. The second kappa shape index (κ2) is 13.4. The van der Waals surface area contributed by atoms with Crippen LogP contribution in [0.25, 0.3) is 11.4 Å². The van der Waals surface area contributed by atoms with Crippen LogP contribution in [0.2, 0.25) is 0 Å². The summed E-state index contributed by atoms with van der Waals surface area (Å²) < 4.78 is 14.0. The smallest absolute Gasteiger partial charge is 0.301 e. The molecule has 1 unspecified atom stereocenters. The van der Waals surface area contributed by atoms with E-state index in [0.29, 0.717) is 56.7 Å². The number of ketones is 1. The maximum absolute atomic E-state index is 13.9. The summed E-state index contributed by atoms with van der Waals surface area (Å²) in [6.07, 6.45) is 2.62. The van der Waals surface area contributed by atoms with E-state index >= 15 is 0 Å². The predicted octanol–water partition coefficient (Wildman–Crippen LogP) is 6.85. The van der Waals surface area contributed by atoms with Gasteiger partial charge in [-0.3, -0.25) is 18.9 Å². The molecule has 12 heteroatoms. The SMILES string of the molecule is COc1cc(C2/C(=C(\O)c3c(C)nc4ccccn34)C(=O)C(=O)N2c2nnc(SCc3ccccc3)s2)ccc1OCCC(C)C. The number of aliphatic hydroxyl groups is 1. The number of aliphatic hydroxyl groups excluding tert-OH is 1. The Kier molecular flexibility index (Phi) is 9.09. The van der Waals surface area contributed by atoms with Gasteiger partial charge in [0.15, 0.2) is 21.6 Å². The molecule has 2 aromatic carbocycles. The normalized spacial score (nSPS) is 16.1. The number of pyridine rings is 1. The minimum absolute atomic E-state index is 0.0806. The van der Waals surface area contributed by atoms with Gasteiger partial charge in [-0.05, 0) is 54.7 Å². The van der Waals surface area contributed by atoms with E-state index in [1.165, 1.54) is 35.1 Å². The van der Waals surface area contributed by atoms with Crippen LogP contribution in [0.1, 0.15) is 48.8 Å². The maximum atomic E-state index is 13.9. The topological polar surface area (TPSA) is 119 Å². The van der Waals surface area contributed by atoms with Gasteiger partial charge in [0.05, 0.1) is 31.0 Å². The van der Waals surface area contributed by atoms with Gasteiger partial charge in [0, 0.05) is 11.9 Å². The van der Waals surface area contributed by atoms with Crippen molar-refractivity contribution in [1.82, 2.24) is 19.6 Å². The van der Waals surface area contributed by atoms with Gasteiger partial charge < -0.3 is 14.6 Å². The Hall–Kier alpha value is -4.68. The standard InChI is InChI=1S/C34H33N5O5S2/c1-20(2)15-17-44-24-14-13-23(18-25(24)43-4)29-27(30(40)28-21(3)35-26-12-8-9-16-38(26)28)31(41)32(42)39(29)33-36-37-34(46-33)45-19-22-10-6-5-7-11-22/h5-14,16,18,20,29,40H,15,17,19H2,1-4H3/b30-27+. The summed E-state index contributed by atoms with van der Waals surface area (Å²) in [6, 6.07) is 19.7. The molecule has 0 radical (unpaired) electrons. The number of carbonyl (C=O) groups is 2. The summed E-state index contributed by atoms with van der Waals surface area (Å²) in [4.78, 5) is 33.5. The minimum Gasteiger partial charge on any atom is -0.505 e. The van der Waals surface area contributed by atoms with Gasteiger partial charge in [-0.15, -0.1) is 10.2 Å². The number of benzene rings is 2. The molecule has 0 saturated carbocycles. The van der Waals surface area contributed by atoms with Gasteiger partial charge in [-0.25, -0.2) is 4.98 Å². The number of ether oxygens (including phenoxy) is 2. The first-order valence-corrected chi connectivity index (χ1v) is 16.6. The highest BCUT2D eigenvalue weighted by atomic mass is 32.2. The van der Waals surface area contributed by atoms with Crippen LogP contribution < -0.4 is 14.4 Å². The molecule has 0 spiro atoms. The molecule has 4 heterocycles. The fourth-order valence-corrected chi connectivity index (χ4v) is 7.15. The number of rotatable bonds is 11. The van der Waals surface area contributed by atoms with Crippen molar-refractivity contribution in [2.75, 3.05) is 18.6 Å². The average molecular weight is 656 g/mol. The third kappa shape index (κ3) is 6.10. The van der Waals surface area contributed by atoms with Crippen molar-refractivity contribution in [2.45, 2.75) is 43.3 Å². The molecule has 3 aromatic heterocycles. The molecule has 0 bridgehead atoms. The minimum atomic E-state index is -1.02. The number of imidazole rings is 1. The first kappa shape index (κ1) is 31.3. The van der Waals surface area contributed by atoms with Crippen molar-refractivity contribution in [3.8, 4) is 11.5 Å². The number of aryl methyl sites for hydroxylation is 1. The summed E-state index contributed by atoms with van der Waals surface area (Å²) in [5, 5.41) is 20.8. The van der Waals surface area contributed by atoms with Gasteiger partial charge in [-0.2, -0.15) is 0 Å². The van der Waals surface area contributed by atoms with E-state index in [1.807, 2.05) is 36.4 Å². The van der Waals surface area contributed by atoms with Crippen molar-refractivity contribution in [1.29, 1.82) is 0 Å². The van der Waals surface area contributed by atoms with Crippen LogP contribution >= 0.6 is 23.1 Å². The fraction of sp³-hybridized carbons (Fsp3) is 0.265. The number of anilines is 1. The van der Waals surface area contributed by atoms with Crippen molar-refractivity contribution in [3.63, 3.8) is 0 Å². The molecular formula is C34H33N5O5S2. The molecule has 236 valence electrons. The van der Waals surface area contributed by atoms with Crippen molar-refractivity contribution in [3.05, 3.63) is 101 Å². The Morgan fingerprint density at radius 1 is 1.04 bits per heavy atom. The summed E-state index contributed by atoms with van der Waals surface area (Å²) in [6.45, 7) is 6.50. The number of Topliss-reactive ketones (excluding diaryl/α,β-unsaturated/α-hetero) is 1. The summed E-state index contributed by atoms with van der Waals surface area (Å²) in [7, 11) is 1.54. The van der Waals surface area contributed by atoms with Crippen molar-refractivity contribution < 1.29 is 24.2 Å². The van der Waals surface area contributed by atoms with E-state index in [4.69, 9.17) is 9.47 Å². The third-order valence-electron chi connectivity index (χ3n) is 7.64. The molecular weight excluding hydrogens is 623 g/mol. The van der Waals surface area contributed by atoms with Gasteiger partial charge in [0.2, 0.25) is 5.13 Å². The molecule has 1 N–H and O–H groups in total. The number of nitrogens with zero attached hydrogens (tertiary/aromatic N) is 5. The molecule has 10 nitrogen and oxygen atoms in total. The number of carbonyl (C=O) groups excluding carboxylic acids is 2. The first-order valence-electron chi connectivity index (χ1n) is 14.8. The number of methoxy groups -OCH3 is 1. The average Bonchev–Trinajstić information content (AvgIpc) is 3.73. The lowest BCUT2D eigenvalue weighted by atomic mass is 9.96. The Morgan fingerprint density at radius 2 is 1.83 bits per heavy atom. The molecule has 0 aliphatic carbocycles. The van der Waals surface area contributed by atoms with Crippen LogP contribution in [0.4, 0.5) is 5.13 Å². The highest BCUT2D eigenvalue weighted by molar-refractivity contribution is 8.00. The number of fused-ring (bicyclic) bond motifs is 1. The zero-order valence-corrected chi connectivity index (χ0v) is 27.5. The Bertz CT molecular complexity index is 1930. The second-order valence-corrected chi connectivity index (χ2v) is 13.4. The Morgan fingerprint density at radius 3 is 2.59 bits per heavy atom. The zero-order chi connectivity index (χ0) is 32.4. The van der Waals surface area contributed by atoms with Gasteiger partial charge >= 0.3 is 5.91 Å². The van der Waals surface area contributed by atoms with Gasteiger partial charge in [0.25, 0.3) is 5.78 Å². The predicted molar refractivity (Wildman–Crippen MR) is 179 cm³/mol. The quantitative estimate of drug-likeness (QED) is 0.0536. The maximum Gasteiger partial charge on any atom is 0.301 e. The van der Waals surface area contributed by atoms with Crippen LogP contribution in [-0.4, -0.2) is 50.1 Å². The lowest BCUT2D eigenvalue weighted by molar-refractivity contribution is -0.132. The van der Waals surface area contributed by atoms with E-state index in [-0.39, 0.29) is 16.5 Å². The van der Waals surface area contributed by atoms with Gasteiger partial charge in [0.1, 0.15) is 11.3 Å². The number of hydrogen-bond donors (Lipinski definition) is 1. The third-order valence-corrected chi connectivity index (χ3v) is 9.76. The van der Waals surface area contributed by atoms with Crippen LogP contribution in [0, 0.1) is 12.8 Å². The highest BCUT2D eigenvalue weighted by Gasteiger charge is 2.49. The molecule has 46 heavy (non-hydrogen) atoms. The summed E-state index contributed by atoms with van der Waals surface area (Å²) in [5.74, 6) is 0.131. The Balaban J connectivity index is 1.45. The molecule has 1 saturated heterocycles. The lowest BCUT2D eigenvalue weighted by Gasteiger charge is -2.23. The molecule has 1 aliphatic rings. The highest BCUT2D eigenvalue weighted by Crippen LogP contribution is 2.46. The van der Waals surface area contributed by atoms with Crippen LogP contribution in [0.15, 0.2) is 82.8 Å². The van der Waals surface area contributed by atoms with E-state index in [0.717, 1.165) is 12.0 Å². The molecule has 5 aromatic rings. The first-order chi connectivity index (χ1) is 22.3. The molecule has 1 fully saturated rings. The number of aromatic nitrogens is 4. The van der Waals surface area contributed by atoms with E-state index in [9.17, 15) is 14.7 Å². The summed E-state index contributed by atoms with van der Waals surface area (Å²) in [5.41, 5.74) is 3.01. The van der Waals surface area contributed by atoms with Crippen LogP contribution in [0.5, 0.6) is 11.5 Å². The molecule has 1 atom stereocenters. The van der Waals surface area contributed by atoms with E-state index in [2.05, 4.69) is 29.0 Å². The largest absolute Gasteiger partial charge is 0.505 e. The Labute approximate surface area is 274 Å². The monoisotopic (exact) mass is 655 g/mol. The van der Waals surface area contributed by atoms with E-state index < -0.39 is 17.7 Å². The number of thioether (sulfide) groups is 1. The van der Waals surface area contributed by atoms with Gasteiger partial charge in [-0.1, -0.05) is 79.4 Å². The van der Waals surface area contributed by atoms with E-state index in [1.54, 1.807) is 47.9 Å². The lowest BCUT2D eigenvalue weighted by Crippen LogP contribution is -2.29. The van der Waals surface area contributed by atoms with Crippen LogP contribution in [-0.2, 0) is 15.3 Å². The van der Waals surface area contributed by atoms with Crippen molar-refractivity contribution in [2.24, 2.45) is 5.92 Å². The second-order valence-electron chi connectivity index (χ2n) is 11.2. The van der Waals surface area contributed by atoms with Crippen molar-refractivity contribution >= 4 is 51.3 Å². The molecule has 6 rings (SSSR count). The number of hydrogen-bond acceptors (Lipinski definition) is 10. The fourth-order valence-electron chi connectivity index (χ4n) is 5.33. The zero-order valence-electron chi connectivity index (χ0n) is 25.8. The summed E-state index contributed by atoms with van der Waals surface area (Å²) >= 11 is 2.70. The molecule has 1 aliphatic heterocycles. The number of amides is 1. The van der Waals surface area contributed by atoms with Crippen LogP contribution in [0.3, 0.4) is 0 Å².